The molecule has 0 amide bonds. The average molecular weight is 183 g/mol. The van der Waals surface area contributed by atoms with E-state index in [0.29, 0.717) is 11.9 Å². The van der Waals surface area contributed by atoms with Crippen LogP contribution in [0.25, 0.3) is 0 Å². The van der Waals surface area contributed by atoms with Crippen molar-refractivity contribution in [3.05, 3.63) is 0 Å². The van der Waals surface area contributed by atoms with Gasteiger partial charge in [-0.3, -0.25) is 0 Å². The Hall–Kier alpha value is -1.26. The van der Waals surface area contributed by atoms with Crippen LogP contribution in [0.5, 0.6) is 0 Å². The molecule has 1 aromatic heterocycles. The van der Waals surface area contributed by atoms with Gasteiger partial charge in [-0.05, 0) is 5.41 Å². The molecule has 0 saturated carbocycles. The summed E-state index contributed by atoms with van der Waals surface area (Å²) in [5.74, 6) is 1.00. The molecule has 0 aliphatic carbocycles. The zero-order valence-electron chi connectivity index (χ0n) is 8.63. The van der Waals surface area contributed by atoms with E-state index in [4.69, 9.17) is 5.73 Å². The van der Waals surface area contributed by atoms with Crippen molar-refractivity contribution in [3.63, 3.8) is 0 Å². The molecule has 0 unspecified atom stereocenters. The second kappa shape index (κ2) is 3.24. The van der Waals surface area contributed by atoms with Gasteiger partial charge in [-0.15, -0.1) is 5.10 Å². The first kappa shape index (κ1) is 9.83. The summed E-state index contributed by atoms with van der Waals surface area (Å²) in [6.07, 6.45) is 0. The zero-order chi connectivity index (χ0) is 10.1. The Kier molecular flexibility index (Phi) is 2.45. The largest absolute Gasteiger partial charge is 0.368 e. The summed E-state index contributed by atoms with van der Waals surface area (Å²) < 4.78 is 0. The molecule has 1 heterocycles. The Labute approximate surface area is 78.3 Å². The van der Waals surface area contributed by atoms with Crippen LogP contribution in [0.1, 0.15) is 20.8 Å². The molecular formula is C8H17N5. The molecule has 1 rings (SSSR count). The molecule has 5 heteroatoms. The molecule has 0 aliphatic rings. The van der Waals surface area contributed by atoms with Gasteiger partial charge in [-0.2, -0.15) is 4.98 Å². The normalized spacial score (nSPS) is 11.7. The van der Waals surface area contributed by atoms with E-state index in [2.05, 4.69) is 36.0 Å². The van der Waals surface area contributed by atoms with Crippen molar-refractivity contribution in [3.8, 4) is 0 Å². The SMILES string of the molecule is CN(CC(C)(C)C)c1n[nH]c(N)n1. The highest BCUT2D eigenvalue weighted by atomic mass is 15.4. The van der Waals surface area contributed by atoms with Gasteiger partial charge in [0.15, 0.2) is 0 Å². The lowest BCUT2D eigenvalue weighted by Gasteiger charge is -2.25. The zero-order valence-corrected chi connectivity index (χ0v) is 8.63. The fourth-order valence-electron chi connectivity index (χ4n) is 1.22. The van der Waals surface area contributed by atoms with E-state index < -0.39 is 0 Å². The molecule has 0 spiro atoms. The molecular weight excluding hydrogens is 166 g/mol. The minimum Gasteiger partial charge on any atom is -0.368 e. The summed E-state index contributed by atoms with van der Waals surface area (Å²) in [6.45, 7) is 7.39. The van der Waals surface area contributed by atoms with Crippen molar-refractivity contribution in [2.75, 3.05) is 24.2 Å². The smallest absolute Gasteiger partial charge is 0.246 e. The summed E-state index contributed by atoms with van der Waals surface area (Å²) in [5.41, 5.74) is 5.65. The maximum Gasteiger partial charge on any atom is 0.246 e. The van der Waals surface area contributed by atoms with E-state index in [0.717, 1.165) is 6.54 Å². The van der Waals surface area contributed by atoms with Crippen LogP contribution in [-0.4, -0.2) is 28.8 Å². The predicted molar refractivity (Wildman–Crippen MR) is 53.5 cm³/mol. The minimum absolute atomic E-state index is 0.226. The third-order valence-electron chi connectivity index (χ3n) is 1.54. The van der Waals surface area contributed by atoms with Gasteiger partial charge >= 0.3 is 0 Å². The second-order valence-electron chi connectivity index (χ2n) is 4.44. The van der Waals surface area contributed by atoms with Gasteiger partial charge in [-0.1, -0.05) is 20.8 Å². The van der Waals surface area contributed by atoms with E-state index in [1.165, 1.54) is 0 Å². The highest BCUT2D eigenvalue weighted by molar-refractivity contribution is 5.32. The van der Waals surface area contributed by atoms with Crippen molar-refractivity contribution in [2.45, 2.75) is 20.8 Å². The lowest BCUT2D eigenvalue weighted by molar-refractivity contribution is 0.416. The molecule has 0 radical (unpaired) electrons. The van der Waals surface area contributed by atoms with Crippen molar-refractivity contribution >= 4 is 11.9 Å². The Bertz CT molecular complexity index is 272. The third kappa shape index (κ3) is 2.93. The molecule has 1 aromatic rings. The lowest BCUT2D eigenvalue weighted by atomic mass is 9.96. The quantitative estimate of drug-likeness (QED) is 0.713. The van der Waals surface area contributed by atoms with Gasteiger partial charge in [-0.25, -0.2) is 5.10 Å². The van der Waals surface area contributed by atoms with E-state index in [9.17, 15) is 0 Å². The number of rotatable bonds is 2. The molecule has 0 fully saturated rings. The summed E-state index contributed by atoms with van der Waals surface area (Å²) in [4.78, 5) is 6.01. The average Bonchev–Trinajstić information content (AvgIpc) is 2.31. The highest BCUT2D eigenvalue weighted by Crippen LogP contribution is 2.17. The number of hydrogen-bond donors (Lipinski definition) is 2. The second-order valence-corrected chi connectivity index (χ2v) is 4.44. The first-order valence-electron chi connectivity index (χ1n) is 4.27. The van der Waals surface area contributed by atoms with Gasteiger partial charge in [0, 0.05) is 13.6 Å². The van der Waals surface area contributed by atoms with Crippen LogP contribution in [0.4, 0.5) is 11.9 Å². The van der Waals surface area contributed by atoms with Crippen LogP contribution in [0.2, 0.25) is 0 Å². The fraction of sp³-hybridized carbons (Fsp3) is 0.750. The number of nitrogens with one attached hydrogen (secondary N) is 1. The maximum atomic E-state index is 5.42. The molecule has 3 N–H and O–H groups in total. The van der Waals surface area contributed by atoms with Crippen molar-refractivity contribution < 1.29 is 0 Å². The van der Waals surface area contributed by atoms with Gasteiger partial charge in [0.05, 0.1) is 0 Å². The summed E-state index contributed by atoms with van der Waals surface area (Å²) in [7, 11) is 1.95. The molecule has 74 valence electrons. The molecule has 0 atom stereocenters. The van der Waals surface area contributed by atoms with Crippen molar-refractivity contribution in [1.29, 1.82) is 0 Å². The van der Waals surface area contributed by atoms with Crippen LogP contribution in [0.3, 0.4) is 0 Å². The Morgan fingerprint density at radius 1 is 1.46 bits per heavy atom. The van der Waals surface area contributed by atoms with Crippen molar-refractivity contribution in [2.24, 2.45) is 5.41 Å². The number of aromatic amines is 1. The number of hydrogen-bond acceptors (Lipinski definition) is 4. The van der Waals surface area contributed by atoms with Crippen LogP contribution in [0, 0.1) is 5.41 Å². The predicted octanol–water partition coefficient (Wildman–Crippen LogP) is 0.869. The number of nitrogens with zero attached hydrogens (tertiary/aromatic N) is 3. The number of anilines is 2. The van der Waals surface area contributed by atoms with Crippen LogP contribution in [-0.2, 0) is 0 Å². The molecule has 0 aliphatic heterocycles. The standard InChI is InChI=1S/C8H17N5/c1-8(2,3)5-13(4)7-10-6(9)11-12-7/h5H2,1-4H3,(H3,9,10,11,12). The summed E-state index contributed by atoms with van der Waals surface area (Å²) in [5, 5.41) is 6.57. The lowest BCUT2D eigenvalue weighted by Crippen LogP contribution is -2.29. The Morgan fingerprint density at radius 3 is 2.46 bits per heavy atom. The van der Waals surface area contributed by atoms with Gasteiger partial charge in [0.25, 0.3) is 0 Å². The third-order valence-corrected chi connectivity index (χ3v) is 1.54. The molecule has 0 aromatic carbocycles. The van der Waals surface area contributed by atoms with E-state index in [1.807, 2.05) is 11.9 Å². The molecule has 0 bridgehead atoms. The number of H-pyrrole nitrogens is 1. The van der Waals surface area contributed by atoms with Gasteiger partial charge in [0.2, 0.25) is 11.9 Å². The molecule has 0 saturated heterocycles. The monoisotopic (exact) mass is 183 g/mol. The first-order chi connectivity index (χ1) is 5.88. The molecule has 13 heavy (non-hydrogen) atoms. The van der Waals surface area contributed by atoms with Crippen molar-refractivity contribution in [1.82, 2.24) is 15.2 Å². The van der Waals surface area contributed by atoms with Gasteiger partial charge < -0.3 is 10.6 Å². The van der Waals surface area contributed by atoms with E-state index >= 15 is 0 Å². The minimum atomic E-state index is 0.226. The van der Waals surface area contributed by atoms with Crippen LogP contribution >= 0.6 is 0 Å². The summed E-state index contributed by atoms with van der Waals surface area (Å²) in [6, 6.07) is 0. The van der Waals surface area contributed by atoms with Crippen LogP contribution in [0.15, 0.2) is 0 Å². The Balaban J connectivity index is 2.64. The van der Waals surface area contributed by atoms with E-state index in [1.54, 1.807) is 0 Å². The maximum absolute atomic E-state index is 5.42. The fourth-order valence-corrected chi connectivity index (χ4v) is 1.22. The summed E-state index contributed by atoms with van der Waals surface area (Å²) >= 11 is 0. The number of aromatic nitrogens is 3. The van der Waals surface area contributed by atoms with Crippen LogP contribution < -0.4 is 10.6 Å². The highest BCUT2D eigenvalue weighted by Gasteiger charge is 2.16. The van der Waals surface area contributed by atoms with Gasteiger partial charge in [0.1, 0.15) is 0 Å². The number of nitrogens with two attached hydrogens (primary N) is 1. The molecule has 5 nitrogen and oxygen atoms in total. The topological polar surface area (TPSA) is 70.8 Å². The first-order valence-corrected chi connectivity index (χ1v) is 4.27. The number of nitrogen functional groups attached to an aromatic ring is 1. The van der Waals surface area contributed by atoms with E-state index in [-0.39, 0.29) is 5.41 Å². The Morgan fingerprint density at radius 2 is 2.08 bits per heavy atom.